The predicted octanol–water partition coefficient (Wildman–Crippen LogP) is 3.81. The molecule has 142 valence electrons. The molecular weight excluding hydrogens is 378 g/mol. The zero-order valence-corrected chi connectivity index (χ0v) is 16.1. The molecule has 2 aromatic carbocycles. The minimum absolute atomic E-state index is 0.0539. The maximum atomic E-state index is 12.5. The highest BCUT2D eigenvalue weighted by Gasteiger charge is 2.18. The Hall–Kier alpha value is -3.06. The minimum atomic E-state index is -0.530. The number of hydrogen-bond acceptors (Lipinski definition) is 6. The number of carbonyl (C=O) groups is 2. The van der Waals surface area contributed by atoms with Crippen molar-refractivity contribution in [1.29, 1.82) is 0 Å². The van der Waals surface area contributed by atoms with Crippen LogP contribution in [0.1, 0.15) is 27.0 Å². The molecule has 0 radical (unpaired) electrons. The first kappa shape index (κ1) is 18.3. The van der Waals surface area contributed by atoms with Gasteiger partial charge in [0.25, 0.3) is 0 Å². The molecule has 1 aliphatic heterocycles. The van der Waals surface area contributed by atoms with E-state index in [1.807, 2.05) is 26.0 Å². The van der Waals surface area contributed by atoms with Crippen LogP contribution in [0.3, 0.4) is 0 Å². The standard InChI is InChI=1S/C21H17NO5S/c1-11-3-5-15-14(8-19(24)27-20(15)12(11)2)9-26-21(25)13-4-6-17-16(7-13)22-18(23)10-28-17/h3-8H,9-10H2,1-2H3,(H,22,23). The van der Waals surface area contributed by atoms with Crippen molar-refractivity contribution in [2.45, 2.75) is 25.3 Å². The first-order chi connectivity index (χ1) is 13.4. The quantitative estimate of drug-likeness (QED) is 0.536. The zero-order valence-electron chi connectivity index (χ0n) is 15.3. The molecule has 0 fully saturated rings. The van der Waals surface area contributed by atoms with Crippen LogP contribution >= 0.6 is 11.8 Å². The van der Waals surface area contributed by atoms with Gasteiger partial charge in [0, 0.05) is 21.9 Å². The van der Waals surface area contributed by atoms with E-state index in [2.05, 4.69) is 5.32 Å². The third-order valence-corrected chi connectivity index (χ3v) is 5.80. The molecule has 7 heteroatoms. The molecule has 1 aliphatic rings. The van der Waals surface area contributed by atoms with Gasteiger partial charge in [0.15, 0.2) is 0 Å². The number of benzene rings is 2. The highest BCUT2D eigenvalue weighted by atomic mass is 32.2. The van der Waals surface area contributed by atoms with Gasteiger partial charge in [0.05, 0.1) is 17.0 Å². The summed E-state index contributed by atoms with van der Waals surface area (Å²) in [6, 6.07) is 10.2. The molecule has 2 heterocycles. The summed E-state index contributed by atoms with van der Waals surface area (Å²) in [5.74, 6) is -0.270. The van der Waals surface area contributed by atoms with Crippen LogP contribution in [0.15, 0.2) is 50.5 Å². The van der Waals surface area contributed by atoms with Crippen LogP contribution in [-0.4, -0.2) is 17.6 Å². The molecule has 0 saturated carbocycles. The number of anilines is 1. The molecular formula is C21H17NO5S. The Kier molecular flexibility index (Phi) is 4.68. The predicted molar refractivity (Wildman–Crippen MR) is 107 cm³/mol. The smallest absolute Gasteiger partial charge is 0.338 e. The normalized spacial score (nSPS) is 13.1. The zero-order chi connectivity index (χ0) is 19.8. The molecule has 3 aromatic rings. The number of nitrogens with one attached hydrogen (secondary N) is 1. The Balaban J connectivity index is 1.59. The molecule has 0 bridgehead atoms. The largest absolute Gasteiger partial charge is 0.457 e. The molecule has 4 rings (SSSR count). The number of hydrogen-bond donors (Lipinski definition) is 1. The lowest BCUT2D eigenvalue weighted by Gasteiger charge is -2.16. The van der Waals surface area contributed by atoms with E-state index in [0.717, 1.165) is 21.4 Å². The molecule has 0 unspecified atom stereocenters. The number of rotatable bonds is 3. The third-order valence-electron chi connectivity index (χ3n) is 4.72. The second-order valence-corrected chi connectivity index (χ2v) is 7.62. The summed E-state index contributed by atoms with van der Waals surface area (Å²) in [6.45, 7) is 3.77. The van der Waals surface area contributed by atoms with Crippen LogP contribution in [0.2, 0.25) is 0 Å². The lowest BCUT2D eigenvalue weighted by atomic mass is 10.0. The average molecular weight is 395 g/mol. The average Bonchev–Trinajstić information content (AvgIpc) is 2.68. The van der Waals surface area contributed by atoms with Gasteiger partial charge in [-0.05, 0) is 43.2 Å². The second kappa shape index (κ2) is 7.16. The summed E-state index contributed by atoms with van der Waals surface area (Å²) >= 11 is 1.42. The number of aryl methyl sites for hydroxylation is 2. The summed E-state index contributed by atoms with van der Waals surface area (Å²) in [5, 5.41) is 3.49. The van der Waals surface area contributed by atoms with E-state index in [1.54, 1.807) is 18.2 Å². The van der Waals surface area contributed by atoms with Crippen molar-refractivity contribution < 1.29 is 18.7 Å². The van der Waals surface area contributed by atoms with Gasteiger partial charge in [0.2, 0.25) is 5.91 Å². The van der Waals surface area contributed by atoms with Crippen LogP contribution in [0.5, 0.6) is 0 Å². The molecule has 0 aliphatic carbocycles. The Bertz CT molecular complexity index is 1180. The van der Waals surface area contributed by atoms with E-state index in [-0.39, 0.29) is 12.5 Å². The van der Waals surface area contributed by atoms with Crippen molar-refractivity contribution in [3.05, 3.63) is 69.1 Å². The van der Waals surface area contributed by atoms with Gasteiger partial charge >= 0.3 is 11.6 Å². The highest BCUT2D eigenvalue weighted by Crippen LogP contribution is 2.32. The van der Waals surface area contributed by atoms with Crippen LogP contribution in [-0.2, 0) is 16.1 Å². The van der Waals surface area contributed by atoms with Gasteiger partial charge in [-0.25, -0.2) is 9.59 Å². The van der Waals surface area contributed by atoms with Gasteiger partial charge in [0.1, 0.15) is 12.2 Å². The summed E-state index contributed by atoms with van der Waals surface area (Å²) in [4.78, 5) is 36.9. The molecule has 6 nitrogen and oxygen atoms in total. The van der Waals surface area contributed by atoms with Crippen LogP contribution < -0.4 is 10.9 Å². The van der Waals surface area contributed by atoms with Gasteiger partial charge in [-0.2, -0.15) is 0 Å². The Morgan fingerprint density at radius 2 is 2.00 bits per heavy atom. The molecule has 0 spiro atoms. The number of ether oxygens (including phenoxy) is 1. The maximum Gasteiger partial charge on any atom is 0.338 e. The van der Waals surface area contributed by atoms with E-state index < -0.39 is 11.6 Å². The fourth-order valence-corrected chi connectivity index (χ4v) is 3.87. The Morgan fingerprint density at radius 1 is 1.18 bits per heavy atom. The summed E-state index contributed by atoms with van der Waals surface area (Å²) < 4.78 is 10.8. The lowest BCUT2D eigenvalue weighted by Crippen LogP contribution is -2.19. The molecule has 28 heavy (non-hydrogen) atoms. The number of fused-ring (bicyclic) bond motifs is 2. The van der Waals surface area contributed by atoms with Crippen LogP contribution in [0.4, 0.5) is 5.69 Å². The van der Waals surface area contributed by atoms with Gasteiger partial charge < -0.3 is 14.5 Å². The SMILES string of the molecule is Cc1ccc2c(COC(=O)c3ccc4c(c3)NC(=O)CS4)cc(=O)oc2c1C. The summed E-state index contributed by atoms with van der Waals surface area (Å²) in [6.07, 6.45) is 0. The summed E-state index contributed by atoms with van der Waals surface area (Å²) in [5.41, 5.74) is 3.44. The van der Waals surface area contributed by atoms with Gasteiger partial charge in [-0.15, -0.1) is 11.8 Å². The first-order valence-electron chi connectivity index (χ1n) is 8.69. The van der Waals surface area contributed by atoms with Gasteiger partial charge in [-0.1, -0.05) is 12.1 Å². The highest BCUT2D eigenvalue weighted by molar-refractivity contribution is 8.00. The van der Waals surface area contributed by atoms with Crippen molar-refractivity contribution in [2.24, 2.45) is 0 Å². The fraction of sp³-hybridized carbons (Fsp3) is 0.190. The van der Waals surface area contributed by atoms with E-state index in [4.69, 9.17) is 9.15 Å². The molecule has 1 aromatic heterocycles. The number of esters is 1. The molecule has 1 N–H and O–H groups in total. The number of carbonyl (C=O) groups excluding carboxylic acids is 2. The number of amides is 1. The molecule has 0 saturated heterocycles. The fourth-order valence-electron chi connectivity index (χ4n) is 3.08. The van der Waals surface area contributed by atoms with E-state index in [9.17, 15) is 14.4 Å². The summed E-state index contributed by atoms with van der Waals surface area (Å²) in [7, 11) is 0. The maximum absolute atomic E-state index is 12.5. The van der Waals surface area contributed by atoms with Crippen molar-refractivity contribution in [1.82, 2.24) is 0 Å². The van der Waals surface area contributed by atoms with Crippen LogP contribution in [0.25, 0.3) is 11.0 Å². The molecule has 0 atom stereocenters. The van der Waals surface area contributed by atoms with E-state index in [0.29, 0.717) is 28.2 Å². The van der Waals surface area contributed by atoms with E-state index in [1.165, 1.54) is 17.8 Å². The van der Waals surface area contributed by atoms with Crippen molar-refractivity contribution in [3.63, 3.8) is 0 Å². The lowest BCUT2D eigenvalue weighted by molar-refractivity contribution is -0.113. The monoisotopic (exact) mass is 395 g/mol. The Labute approximate surface area is 164 Å². The minimum Gasteiger partial charge on any atom is -0.457 e. The topological polar surface area (TPSA) is 85.6 Å². The Morgan fingerprint density at radius 3 is 2.82 bits per heavy atom. The van der Waals surface area contributed by atoms with Crippen molar-refractivity contribution in [3.8, 4) is 0 Å². The van der Waals surface area contributed by atoms with Crippen molar-refractivity contribution >= 4 is 40.3 Å². The van der Waals surface area contributed by atoms with Gasteiger partial charge in [-0.3, -0.25) is 4.79 Å². The molecule has 1 amide bonds. The van der Waals surface area contributed by atoms with E-state index >= 15 is 0 Å². The third kappa shape index (κ3) is 3.41. The number of thioether (sulfide) groups is 1. The first-order valence-corrected chi connectivity index (χ1v) is 9.67. The van der Waals surface area contributed by atoms with Crippen molar-refractivity contribution in [2.75, 3.05) is 11.1 Å². The second-order valence-electron chi connectivity index (χ2n) is 6.60. The van der Waals surface area contributed by atoms with Crippen LogP contribution in [0, 0.1) is 13.8 Å².